The minimum Gasteiger partial charge on any atom is -0.325 e. The Bertz CT molecular complexity index is 396. The fraction of sp³-hybridized carbons (Fsp3) is 0.364. The van der Waals surface area contributed by atoms with Crippen LogP contribution in [0, 0.1) is 11.7 Å². The molecule has 1 aromatic carbocycles. The summed E-state index contributed by atoms with van der Waals surface area (Å²) in [6, 6.07) is 3.45. The highest BCUT2D eigenvalue weighted by Gasteiger charge is 2.17. The number of rotatable bonds is 3. The molecule has 0 saturated carbocycles. The molecule has 5 heteroatoms. The first kappa shape index (κ1) is 12.9. The van der Waals surface area contributed by atoms with E-state index in [2.05, 4.69) is 5.32 Å². The molecule has 1 aromatic rings. The van der Waals surface area contributed by atoms with Crippen molar-refractivity contribution in [3.63, 3.8) is 0 Å². The summed E-state index contributed by atoms with van der Waals surface area (Å²) in [6.07, 6.45) is 0. The van der Waals surface area contributed by atoms with E-state index >= 15 is 0 Å². The van der Waals surface area contributed by atoms with Gasteiger partial charge in [0.25, 0.3) is 0 Å². The summed E-state index contributed by atoms with van der Waals surface area (Å²) in [4.78, 5) is 11.6. The van der Waals surface area contributed by atoms with E-state index in [1.54, 1.807) is 0 Å². The number of nitrogens with one attached hydrogen (secondary N) is 1. The van der Waals surface area contributed by atoms with Crippen LogP contribution >= 0.6 is 11.6 Å². The van der Waals surface area contributed by atoms with Gasteiger partial charge >= 0.3 is 0 Å². The van der Waals surface area contributed by atoms with E-state index in [9.17, 15) is 9.18 Å². The Morgan fingerprint density at radius 1 is 1.50 bits per heavy atom. The minimum absolute atomic E-state index is 0.0196. The average molecular weight is 245 g/mol. The summed E-state index contributed by atoms with van der Waals surface area (Å²) in [7, 11) is 0. The molecule has 0 bridgehead atoms. The van der Waals surface area contributed by atoms with Crippen molar-refractivity contribution in [1.29, 1.82) is 0 Å². The first-order valence-electron chi connectivity index (χ1n) is 4.93. The Labute approximate surface area is 98.8 Å². The van der Waals surface area contributed by atoms with Crippen LogP contribution in [0.2, 0.25) is 5.02 Å². The van der Waals surface area contributed by atoms with Crippen LogP contribution in [0.5, 0.6) is 0 Å². The number of hydrogen-bond donors (Lipinski definition) is 2. The number of carbonyl (C=O) groups is 1. The van der Waals surface area contributed by atoms with Crippen LogP contribution in [0.1, 0.15) is 13.8 Å². The molecule has 0 aliphatic heterocycles. The molecule has 0 aliphatic carbocycles. The van der Waals surface area contributed by atoms with E-state index < -0.39 is 11.9 Å². The lowest BCUT2D eigenvalue weighted by Gasteiger charge is -2.15. The molecule has 1 rings (SSSR count). The molecular weight excluding hydrogens is 231 g/mol. The van der Waals surface area contributed by atoms with Gasteiger partial charge in [0.05, 0.1) is 11.1 Å². The van der Waals surface area contributed by atoms with Crippen molar-refractivity contribution in [2.75, 3.05) is 5.32 Å². The van der Waals surface area contributed by atoms with E-state index in [1.807, 2.05) is 13.8 Å². The maximum Gasteiger partial charge on any atom is 0.241 e. The summed E-state index contributed by atoms with van der Waals surface area (Å²) in [6.45, 7) is 3.68. The molecule has 0 aromatic heterocycles. The Balaban J connectivity index is 2.74. The van der Waals surface area contributed by atoms with Crippen molar-refractivity contribution in [3.8, 4) is 0 Å². The highest BCUT2D eigenvalue weighted by molar-refractivity contribution is 6.30. The molecule has 3 N–H and O–H groups in total. The number of hydrogen-bond acceptors (Lipinski definition) is 2. The predicted octanol–water partition coefficient (Wildman–Crippen LogP) is 2.40. The number of anilines is 1. The van der Waals surface area contributed by atoms with E-state index in [0.29, 0.717) is 5.69 Å². The number of benzene rings is 1. The summed E-state index contributed by atoms with van der Waals surface area (Å²) in [5.74, 6) is -0.883. The number of amides is 1. The summed E-state index contributed by atoms with van der Waals surface area (Å²) in [5.41, 5.74) is 5.99. The summed E-state index contributed by atoms with van der Waals surface area (Å²) in [5, 5.41) is 2.55. The smallest absolute Gasteiger partial charge is 0.241 e. The topological polar surface area (TPSA) is 55.1 Å². The number of halogens is 2. The second-order valence-corrected chi connectivity index (χ2v) is 4.30. The maximum absolute atomic E-state index is 13.1. The van der Waals surface area contributed by atoms with Gasteiger partial charge in [0.2, 0.25) is 5.91 Å². The Morgan fingerprint density at radius 2 is 2.12 bits per heavy atom. The van der Waals surface area contributed by atoms with Crippen LogP contribution in [0.3, 0.4) is 0 Å². The second-order valence-electron chi connectivity index (χ2n) is 3.89. The van der Waals surface area contributed by atoms with Crippen molar-refractivity contribution in [2.45, 2.75) is 19.9 Å². The van der Waals surface area contributed by atoms with Crippen molar-refractivity contribution in [1.82, 2.24) is 0 Å². The van der Waals surface area contributed by atoms with Gasteiger partial charge in [-0.15, -0.1) is 0 Å². The number of nitrogens with two attached hydrogens (primary N) is 1. The first-order chi connectivity index (χ1) is 7.41. The lowest BCUT2D eigenvalue weighted by atomic mass is 10.1. The molecule has 1 unspecified atom stereocenters. The van der Waals surface area contributed by atoms with E-state index in [-0.39, 0.29) is 16.8 Å². The summed E-state index contributed by atoms with van der Waals surface area (Å²) < 4.78 is 13.1. The van der Waals surface area contributed by atoms with Crippen LogP contribution in [-0.2, 0) is 4.79 Å². The molecule has 1 atom stereocenters. The monoisotopic (exact) mass is 244 g/mol. The maximum atomic E-state index is 13.1. The van der Waals surface area contributed by atoms with Crippen molar-refractivity contribution < 1.29 is 9.18 Å². The highest BCUT2D eigenvalue weighted by Crippen LogP contribution is 2.18. The van der Waals surface area contributed by atoms with E-state index in [0.717, 1.165) is 6.07 Å². The lowest BCUT2D eigenvalue weighted by Crippen LogP contribution is -2.39. The fourth-order valence-electron chi connectivity index (χ4n) is 1.10. The molecule has 3 nitrogen and oxygen atoms in total. The molecule has 88 valence electrons. The molecule has 0 saturated heterocycles. The van der Waals surface area contributed by atoms with Crippen molar-refractivity contribution >= 4 is 23.2 Å². The zero-order chi connectivity index (χ0) is 12.3. The summed E-state index contributed by atoms with van der Waals surface area (Å²) >= 11 is 5.52. The lowest BCUT2D eigenvalue weighted by molar-refractivity contribution is -0.118. The first-order valence-corrected chi connectivity index (χ1v) is 5.31. The van der Waals surface area contributed by atoms with Gasteiger partial charge in [0.15, 0.2) is 0 Å². The Hall–Kier alpha value is -1.13. The Morgan fingerprint density at radius 3 is 2.62 bits per heavy atom. The van der Waals surface area contributed by atoms with Crippen LogP contribution in [0.25, 0.3) is 0 Å². The van der Waals surface area contributed by atoms with Crippen molar-refractivity contribution in [3.05, 3.63) is 29.0 Å². The second kappa shape index (κ2) is 5.27. The molecule has 0 spiro atoms. The van der Waals surface area contributed by atoms with Crippen LogP contribution < -0.4 is 11.1 Å². The van der Waals surface area contributed by atoms with Gasteiger partial charge in [0.1, 0.15) is 5.82 Å². The zero-order valence-electron chi connectivity index (χ0n) is 9.13. The minimum atomic E-state index is -0.612. The molecule has 0 heterocycles. The average Bonchev–Trinajstić information content (AvgIpc) is 2.22. The predicted molar refractivity (Wildman–Crippen MR) is 62.9 cm³/mol. The van der Waals surface area contributed by atoms with Gasteiger partial charge in [-0.3, -0.25) is 4.79 Å². The van der Waals surface area contributed by atoms with Crippen LogP contribution in [-0.4, -0.2) is 11.9 Å². The van der Waals surface area contributed by atoms with Crippen LogP contribution in [0.4, 0.5) is 10.1 Å². The standard InChI is InChI=1S/C11H14ClFN2O/c1-6(2)10(14)11(16)15-7-3-4-8(12)9(13)5-7/h3-6,10H,14H2,1-2H3,(H,15,16). The molecule has 1 amide bonds. The van der Waals surface area contributed by atoms with Gasteiger partial charge in [0, 0.05) is 5.69 Å². The molecule has 0 fully saturated rings. The van der Waals surface area contributed by atoms with E-state index in [1.165, 1.54) is 12.1 Å². The third-order valence-electron chi connectivity index (χ3n) is 2.21. The fourth-order valence-corrected chi connectivity index (χ4v) is 1.22. The normalized spacial score (nSPS) is 12.6. The Kier molecular flexibility index (Phi) is 4.26. The highest BCUT2D eigenvalue weighted by atomic mass is 35.5. The quantitative estimate of drug-likeness (QED) is 0.858. The van der Waals surface area contributed by atoms with Gasteiger partial charge in [-0.25, -0.2) is 4.39 Å². The molecule has 0 radical (unpaired) electrons. The molecule has 0 aliphatic rings. The largest absolute Gasteiger partial charge is 0.325 e. The number of carbonyl (C=O) groups excluding carboxylic acids is 1. The van der Waals surface area contributed by atoms with E-state index in [4.69, 9.17) is 17.3 Å². The van der Waals surface area contributed by atoms with Gasteiger partial charge < -0.3 is 11.1 Å². The third kappa shape index (κ3) is 3.18. The molecule has 16 heavy (non-hydrogen) atoms. The van der Waals surface area contributed by atoms with Gasteiger partial charge in [-0.05, 0) is 24.1 Å². The zero-order valence-corrected chi connectivity index (χ0v) is 9.88. The van der Waals surface area contributed by atoms with Gasteiger partial charge in [-0.2, -0.15) is 0 Å². The van der Waals surface area contributed by atoms with Gasteiger partial charge in [-0.1, -0.05) is 25.4 Å². The van der Waals surface area contributed by atoms with Crippen molar-refractivity contribution in [2.24, 2.45) is 11.7 Å². The SMILES string of the molecule is CC(C)C(N)C(=O)Nc1ccc(Cl)c(F)c1. The van der Waals surface area contributed by atoms with Crippen LogP contribution in [0.15, 0.2) is 18.2 Å². The third-order valence-corrected chi connectivity index (χ3v) is 2.51. The molecular formula is C11H14ClFN2O.